The summed E-state index contributed by atoms with van der Waals surface area (Å²) in [4.78, 5) is 10.7. The van der Waals surface area contributed by atoms with Crippen molar-refractivity contribution in [2.45, 2.75) is 25.1 Å². The Morgan fingerprint density at radius 3 is 1.89 bits per heavy atom. The van der Waals surface area contributed by atoms with Crippen LogP contribution in [0, 0.1) is 0 Å². The molecule has 0 spiro atoms. The lowest BCUT2D eigenvalue weighted by atomic mass is 10.3. The molecule has 0 N–H and O–H groups in total. The molecule has 3 nitrogen and oxygen atoms in total. The van der Waals surface area contributed by atoms with Gasteiger partial charge in [-0.15, -0.1) is 0 Å². The van der Waals surface area contributed by atoms with E-state index in [4.69, 9.17) is 0 Å². The minimum Gasteiger partial charge on any atom is -0.462 e. The summed E-state index contributed by atoms with van der Waals surface area (Å²) < 4.78 is 93.1. The summed E-state index contributed by atoms with van der Waals surface area (Å²) in [5.74, 6) is -11.0. The molecule has 0 heterocycles. The molecule has 0 rings (SSSR count). The maximum absolute atomic E-state index is 13.2. The van der Waals surface area contributed by atoms with Crippen molar-refractivity contribution in [3.8, 4) is 0 Å². The van der Waals surface area contributed by atoms with E-state index in [0.717, 1.165) is 6.92 Å². The van der Waals surface area contributed by atoms with Crippen molar-refractivity contribution in [1.29, 1.82) is 0 Å². The minimum absolute atomic E-state index is 0.730. The Morgan fingerprint density at radius 2 is 1.61 bits per heavy atom. The maximum atomic E-state index is 13.2. The number of carbonyl (C=O) groups excluding carboxylic acids is 1. The molecule has 0 fully saturated rings. The lowest BCUT2D eigenvalue weighted by molar-refractivity contribution is -0.391. The van der Waals surface area contributed by atoms with Crippen molar-refractivity contribution in [3.05, 3.63) is 12.4 Å². The fourth-order valence-corrected chi connectivity index (χ4v) is 0.671. The van der Waals surface area contributed by atoms with E-state index in [1.807, 2.05) is 6.58 Å². The van der Waals surface area contributed by atoms with Crippen LogP contribution in [0.1, 0.15) is 6.92 Å². The fourth-order valence-electron chi connectivity index (χ4n) is 0.671. The number of alkyl halides is 6. The van der Waals surface area contributed by atoms with E-state index in [9.17, 15) is 35.5 Å². The van der Waals surface area contributed by atoms with Crippen molar-refractivity contribution in [2.75, 3.05) is 6.61 Å². The molecule has 0 aliphatic heterocycles. The number of rotatable bonds is 5. The Kier molecular flexibility index (Phi) is 4.75. The van der Waals surface area contributed by atoms with Crippen molar-refractivity contribution < 1.29 is 45.0 Å². The lowest BCUT2D eigenvalue weighted by Crippen LogP contribution is -2.54. The number of hydrogen-bond donors (Lipinski definition) is 0. The second kappa shape index (κ2) is 5.12. The molecule has 0 aromatic rings. The summed E-state index contributed by atoms with van der Waals surface area (Å²) in [5.41, 5.74) is 0. The third-order valence-electron chi connectivity index (χ3n) is 1.49. The highest BCUT2D eigenvalue weighted by Crippen LogP contribution is 2.42. The van der Waals surface area contributed by atoms with Gasteiger partial charge in [0.05, 0.1) is 6.61 Å². The molecule has 1 unspecified atom stereocenters. The average Bonchev–Trinajstić information content (AvgIpc) is 2.15. The first-order chi connectivity index (χ1) is 7.88. The first kappa shape index (κ1) is 16.7. The third kappa shape index (κ3) is 3.34. The molecule has 0 radical (unpaired) electrons. The van der Waals surface area contributed by atoms with Crippen molar-refractivity contribution in [1.82, 2.24) is 0 Å². The lowest BCUT2D eigenvalue weighted by Gasteiger charge is -2.28. The number of esters is 1. The summed E-state index contributed by atoms with van der Waals surface area (Å²) in [5, 5.41) is 0. The SMILES string of the molecule is C=C(F)C(F)(F)OC(F)(C(=O)OCC)C(F)(F)F. The van der Waals surface area contributed by atoms with Crippen LogP contribution in [0.5, 0.6) is 0 Å². The number of ether oxygens (including phenoxy) is 2. The zero-order valence-electron chi connectivity index (χ0n) is 8.78. The van der Waals surface area contributed by atoms with Crippen molar-refractivity contribution in [2.24, 2.45) is 0 Å². The van der Waals surface area contributed by atoms with E-state index in [-0.39, 0.29) is 0 Å². The van der Waals surface area contributed by atoms with Crippen LogP contribution in [0.2, 0.25) is 0 Å². The first-order valence-corrected chi connectivity index (χ1v) is 4.24. The maximum Gasteiger partial charge on any atom is 0.460 e. The van der Waals surface area contributed by atoms with E-state index >= 15 is 0 Å². The molecule has 18 heavy (non-hydrogen) atoms. The Hall–Kier alpha value is -1.32. The zero-order valence-corrected chi connectivity index (χ0v) is 8.78. The topological polar surface area (TPSA) is 35.5 Å². The highest BCUT2D eigenvalue weighted by molar-refractivity contribution is 5.78. The minimum atomic E-state index is -6.18. The predicted octanol–water partition coefficient (Wildman–Crippen LogP) is 2.87. The van der Waals surface area contributed by atoms with Gasteiger partial charge in [0, 0.05) is 0 Å². The van der Waals surface area contributed by atoms with Gasteiger partial charge in [0.15, 0.2) is 5.83 Å². The molecule has 10 heteroatoms. The molecule has 0 aromatic heterocycles. The van der Waals surface area contributed by atoms with E-state index in [1.54, 1.807) is 0 Å². The Morgan fingerprint density at radius 1 is 1.17 bits per heavy atom. The molecule has 0 bridgehead atoms. The van der Waals surface area contributed by atoms with Gasteiger partial charge in [-0.1, -0.05) is 6.58 Å². The van der Waals surface area contributed by atoms with E-state index in [0.29, 0.717) is 0 Å². The van der Waals surface area contributed by atoms with Crippen molar-refractivity contribution >= 4 is 5.97 Å². The average molecular weight is 284 g/mol. The zero-order chi connectivity index (χ0) is 14.8. The summed E-state index contributed by atoms with van der Waals surface area (Å²) in [6.45, 7) is 2.24. The van der Waals surface area contributed by atoms with Crippen molar-refractivity contribution in [3.63, 3.8) is 0 Å². The molecule has 106 valence electrons. The van der Waals surface area contributed by atoms with Crippen LogP contribution in [0.15, 0.2) is 12.4 Å². The molecule has 0 saturated heterocycles. The molecule has 0 aliphatic carbocycles. The second-order valence-electron chi connectivity index (χ2n) is 2.84. The van der Waals surface area contributed by atoms with Crippen LogP contribution >= 0.6 is 0 Å². The monoisotopic (exact) mass is 284 g/mol. The highest BCUT2D eigenvalue weighted by Gasteiger charge is 2.69. The number of halogens is 7. The molecule has 0 saturated carbocycles. The predicted molar refractivity (Wildman–Crippen MR) is 42.8 cm³/mol. The van der Waals surface area contributed by atoms with Gasteiger partial charge in [-0.05, 0) is 6.92 Å². The summed E-state index contributed by atoms with van der Waals surface area (Å²) in [6, 6.07) is 0. The van der Waals surface area contributed by atoms with Crippen LogP contribution in [0.25, 0.3) is 0 Å². The van der Waals surface area contributed by atoms with E-state index in [1.165, 1.54) is 0 Å². The standard InChI is InChI=1S/C8H7F7O3/c1-3-17-5(16)6(10,8(13,14)15)18-7(11,12)4(2)9/h2-3H2,1H3. The van der Waals surface area contributed by atoms with E-state index < -0.39 is 36.5 Å². The van der Waals surface area contributed by atoms with Gasteiger partial charge in [-0.2, -0.15) is 26.3 Å². The quantitative estimate of drug-likeness (QED) is 0.575. The van der Waals surface area contributed by atoms with Gasteiger partial charge in [0.2, 0.25) is 0 Å². The normalized spacial score (nSPS) is 16.0. The second-order valence-corrected chi connectivity index (χ2v) is 2.84. The van der Waals surface area contributed by atoms with Gasteiger partial charge < -0.3 is 4.74 Å². The van der Waals surface area contributed by atoms with E-state index in [2.05, 4.69) is 9.47 Å². The first-order valence-electron chi connectivity index (χ1n) is 4.24. The number of carbonyl (C=O) groups is 1. The molecular formula is C8H7F7O3. The highest BCUT2D eigenvalue weighted by atomic mass is 19.4. The largest absolute Gasteiger partial charge is 0.462 e. The Labute approximate surface area is 96.2 Å². The Bertz CT molecular complexity index is 338. The van der Waals surface area contributed by atoms with Gasteiger partial charge in [-0.3, -0.25) is 4.74 Å². The third-order valence-corrected chi connectivity index (χ3v) is 1.49. The molecule has 0 aliphatic rings. The van der Waals surface area contributed by atoms with Crippen LogP contribution < -0.4 is 0 Å². The molecule has 0 aromatic carbocycles. The van der Waals surface area contributed by atoms with Gasteiger partial charge in [-0.25, -0.2) is 9.18 Å². The van der Waals surface area contributed by atoms with Crippen LogP contribution in [0.4, 0.5) is 30.7 Å². The summed E-state index contributed by atoms with van der Waals surface area (Å²) >= 11 is 0. The van der Waals surface area contributed by atoms with Gasteiger partial charge >= 0.3 is 24.1 Å². The van der Waals surface area contributed by atoms with Gasteiger partial charge in [0.1, 0.15) is 0 Å². The summed E-state index contributed by atoms with van der Waals surface area (Å²) in [6.07, 6.45) is -11.5. The Balaban J connectivity index is 5.39. The molecule has 0 amide bonds. The molecule has 1 atom stereocenters. The molecular weight excluding hydrogens is 277 g/mol. The smallest absolute Gasteiger partial charge is 0.460 e. The van der Waals surface area contributed by atoms with Crippen LogP contribution in [-0.4, -0.2) is 30.7 Å². The van der Waals surface area contributed by atoms with Crippen LogP contribution in [-0.2, 0) is 14.3 Å². The van der Waals surface area contributed by atoms with Gasteiger partial charge in [0.25, 0.3) is 0 Å². The number of hydrogen-bond acceptors (Lipinski definition) is 3. The van der Waals surface area contributed by atoms with Crippen LogP contribution in [0.3, 0.4) is 0 Å². The summed E-state index contributed by atoms with van der Waals surface area (Å²) in [7, 11) is 0. The fraction of sp³-hybridized carbons (Fsp3) is 0.625.